The summed E-state index contributed by atoms with van der Waals surface area (Å²) in [6, 6.07) is 5.65. The van der Waals surface area contributed by atoms with Crippen molar-refractivity contribution in [3.63, 3.8) is 0 Å². The number of amides is 1. The number of rotatable bonds is 3. The smallest absolute Gasteiger partial charge is 0.423 e. The van der Waals surface area contributed by atoms with E-state index < -0.39 is 12.1 Å². The molecule has 24 heavy (non-hydrogen) atoms. The van der Waals surface area contributed by atoms with Crippen molar-refractivity contribution >= 4 is 34.6 Å². The van der Waals surface area contributed by atoms with Gasteiger partial charge in [0, 0.05) is 24.7 Å². The number of hydrogen-bond acceptors (Lipinski definition) is 4. The van der Waals surface area contributed by atoms with Gasteiger partial charge >= 0.3 is 12.1 Å². The molecule has 1 saturated heterocycles. The number of fused-ring (bicyclic) bond motifs is 1. The van der Waals surface area contributed by atoms with Gasteiger partial charge in [-0.2, -0.15) is 18.2 Å². The summed E-state index contributed by atoms with van der Waals surface area (Å²) in [5.41, 5.74) is 1.30. The van der Waals surface area contributed by atoms with Crippen LogP contribution in [0.25, 0.3) is 11.1 Å². The zero-order chi connectivity index (χ0) is 17.3. The number of carbonyl (C=O) groups excluding carboxylic acids is 1. The lowest BCUT2D eigenvalue weighted by atomic mass is 9.97. The quantitative estimate of drug-likeness (QED) is 0.910. The minimum absolute atomic E-state index is 0.00590. The molecule has 0 aliphatic carbocycles. The molecule has 9 heteroatoms. The maximum atomic E-state index is 12.2. The minimum Gasteiger partial charge on any atom is -0.423 e. The lowest BCUT2D eigenvalue weighted by molar-refractivity contribution is -0.173. The fraction of sp³-hybridized carbons (Fsp3) is 0.467. The van der Waals surface area contributed by atoms with Gasteiger partial charge < -0.3 is 14.6 Å². The van der Waals surface area contributed by atoms with E-state index in [0.717, 1.165) is 0 Å². The van der Waals surface area contributed by atoms with Crippen LogP contribution in [-0.2, 0) is 4.79 Å². The van der Waals surface area contributed by atoms with Crippen LogP contribution >= 0.6 is 11.6 Å². The highest BCUT2D eigenvalue weighted by Crippen LogP contribution is 2.27. The van der Waals surface area contributed by atoms with E-state index in [4.69, 9.17) is 16.0 Å². The van der Waals surface area contributed by atoms with E-state index in [1.54, 1.807) is 18.2 Å². The molecule has 3 rings (SSSR count). The topological polar surface area (TPSA) is 58.4 Å². The molecule has 0 radical (unpaired) electrons. The van der Waals surface area contributed by atoms with Gasteiger partial charge in [0.2, 0.25) is 0 Å². The molecule has 1 amide bonds. The molecule has 0 unspecified atom stereocenters. The Bertz CT molecular complexity index is 739. The third-order valence-electron chi connectivity index (χ3n) is 4.03. The number of nitrogens with one attached hydrogen (secondary N) is 1. The molecule has 1 fully saturated rings. The summed E-state index contributed by atoms with van der Waals surface area (Å²) in [7, 11) is 0. The van der Waals surface area contributed by atoms with Crippen molar-refractivity contribution in [3.05, 3.63) is 23.2 Å². The van der Waals surface area contributed by atoms with Crippen molar-refractivity contribution in [3.8, 4) is 0 Å². The number of piperidine rings is 1. The molecule has 0 spiro atoms. The predicted octanol–water partition coefficient (Wildman–Crippen LogP) is 3.38. The Balaban J connectivity index is 1.55. The lowest BCUT2D eigenvalue weighted by Crippen LogP contribution is -2.42. The normalized spacial score (nSPS) is 16.6. The molecule has 1 aromatic heterocycles. The third-order valence-corrected chi connectivity index (χ3v) is 4.27. The van der Waals surface area contributed by atoms with E-state index in [1.807, 2.05) is 10.2 Å². The largest absolute Gasteiger partial charge is 0.471 e. The molecule has 1 aliphatic rings. The van der Waals surface area contributed by atoms with Crippen LogP contribution in [0.2, 0.25) is 5.02 Å². The number of nitrogens with zero attached hydrogens (tertiary/aromatic N) is 2. The summed E-state index contributed by atoms with van der Waals surface area (Å²) in [5.74, 6) is -1.88. The number of anilines is 1. The maximum absolute atomic E-state index is 12.2. The average molecular weight is 362 g/mol. The summed E-state index contributed by atoms with van der Waals surface area (Å²) < 4.78 is 42.2. The monoisotopic (exact) mass is 361 g/mol. The van der Waals surface area contributed by atoms with E-state index in [-0.39, 0.29) is 12.5 Å². The molecule has 0 saturated carbocycles. The fourth-order valence-electron chi connectivity index (χ4n) is 2.69. The molecular formula is C15H15ClF3N3O2. The Morgan fingerprint density at radius 2 is 2.08 bits per heavy atom. The second kappa shape index (κ2) is 6.51. The van der Waals surface area contributed by atoms with Crippen LogP contribution in [0, 0.1) is 5.92 Å². The van der Waals surface area contributed by atoms with E-state index in [2.05, 4.69) is 4.98 Å². The Morgan fingerprint density at radius 1 is 1.38 bits per heavy atom. The highest BCUT2D eigenvalue weighted by molar-refractivity contribution is 6.31. The zero-order valence-electron chi connectivity index (χ0n) is 12.6. The maximum Gasteiger partial charge on any atom is 0.471 e. The average Bonchev–Trinajstić information content (AvgIpc) is 2.95. The molecule has 2 heterocycles. The van der Waals surface area contributed by atoms with E-state index in [9.17, 15) is 18.0 Å². The lowest BCUT2D eigenvalue weighted by Gasteiger charge is -2.30. The number of oxazole rings is 1. The first-order chi connectivity index (χ1) is 11.3. The van der Waals surface area contributed by atoms with Crippen molar-refractivity contribution in [1.82, 2.24) is 10.3 Å². The Kier molecular flexibility index (Phi) is 4.58. The second-order valence-corrected chi connectivity index (χ2v) is 6.18. The summed E-state index contributed by atoms with van der Waals surface area (Å²) in [4.78, 5) is 17.2. The number of carbonyl (C=O) groups is 1. The number of benzene rings is 1. The van der Waals surface area contributed by atoms with Crippen LogP contribution in [-0.4, -0.2) is 36.7 Å². The van der Waals surface area contributed by atoms with Gasteiger partial charge in [-0.1, -0.05) is 11.6 Å². The third kappa shape index (κ3) is 3.75. The van der Waals surface area contributed by atoms with Crippen LogP contribution < -0.4 is 10.2 Å². The number of aromatic nitrogens is 1. The SMILES string of the molecule is O=C(NCC1CCN(c2nc3cc(Cl)ccc3o2)CC1)C(F)(F)F. The van der Waals surface area contributed by atoms with Crippen molar-refractivity contribution in [1.29, 1.82) is 0 Å². The molecule has 5 nitrogen and oxygen atoms in total. The van der Waals surface area contributed by atoms with Gasteiger partial charge in [0.15, 0.2) is 5.58 Å². The fourth-order valence-corrected chi connectivity index (χ4v) is 2.86. The number of halogens is 4. The summed E-state index contributed by atoms with van der Waals surface area (Å²) >= 11 is 5.92. The Morgan fingerprint density at radius 3 is 2.75 bits per heavy atom. The minimum atomic E-state index is -4.83. The van der Waals surface area contributed by atoms with Gasteiger partial charge in [0.1, 0.15) is 5.52 Å². The molecule has 0 atom stereocenters. The molecule has 1 aromatic carbocycles. The van der Waals surface area contributed by atoms with Gasteiger partial charge in [-0.25, -0.2) is 0 Å². The first kappa shape index (κ1) is 16.9. The predicted molar refractivity (Wildman–Crippen MR) is 83.0 cm³/mol. The van der Waals surface area contributed by atoms with Gasteiger partial charge in [-0.15, -0.1) is 0 Å². The van der Waals surface area contributed by atoms with E-state index in [1.165, 1.54) is 0 Å². The zero-order valence-corrected chi connectivity index (χ0v) is 13.3. The van der Waals surface area contributed by atoms with Crippen molar-refractivity contribution < 1.29 is 22.4 Å². The summed E-state index contributed by atoms with van der Waals surface area (Å²) in [6.07, 6.45) is -3.53. The van der Waals surface area contributed by atoms with Crippen LogP contribution in [0.4, 0.5) is 19.2 Å². The highest BCUT2D eigenvalue weighted by Gasteiger charge is 2.38. The first-order valence-corrected chi connectivity index (χ1v) is 7.87. The van der Waals surface area contributed by atoms with Crippen LogP contribution in [0.1, 0.15) is 12.8 Å². The van der Waals surface area contributed by atoms with E-state index >= 15 is 0 Å². The molecule has 1 aliphatic heterocycles. The van der Waals surface area contributed by atoms with Gasteiger partial charge in [-0.3, -0.25) is 4.79 Å². The van der Waals surface area contributed by atoms with Gasteiger partial charge in [0.05, 0.1) is 0 Å². The van der Waals surface area contributed by atoms with Gasteiger partial charge in [-0.05, 0) is 37.0 Å². The van der Waals surface area contributed by atoms with Gasteiger partial charge in [0.25, 0.3) is 6.01 Å². The molecule has 2 aromatic rings. The van der Waals surface area contributed by atoms with Crippen LogP contribution in [0.15, 0.2) is 22.6 Å². The summed E-state index contributed by atoms with van der Waals surface area (Å²) in [5, 5.41) is 2.51. The van der Waals surface area contributed by atoms with Crippen LogP contribution in [0.3, 0.4) is 0 Å². The molecule has 1 N–H and O–H groups in total. The first-order valence-electron chi connectivity index (χ1n) is 7.49. The Hall–Kier alpha value is -1.96. The van der Waals surface area contributed by atoms with Crippen molar-refractivity contribution in [2.75, 3.05) is 24.5 Å². The second-order valence-electron chi connectivity index (χ2n) is 5.75. The Labute approximate surface area is 140 Å². The standard InChI is InChI=1S/C15H15ClF3N3O2/c16-10-1-2-12-11(7-10)21-14(24-12)22-5-3-9(4-6-22)8-20-13(23)15(17,18)19/h1-2,7,9H,3-6,8H2,(H,20,23). The molecular weight excluding hydrogens is 347 g/mol. The van der Waals surface area contributed by atoms with Crippen molar-refractivity contribution in [2.24, 2.45) is 5.92 Å². The van der Waals surface area contributed by atoms with E-state index in [0.29, 0.717) is 48.1 Å². The highest BCUT2D eigenvalue weighted by atomic mass is 35.5. The molecule has 130 valence electrons. The van der Waals surface area contributed by atoms with Crippen LogP contribution in [0.5, 0.6) is 0 Å². The summed E-state index contributed by atoms with van der Waals surface area (Å²) in [6.45, 7) is 1.23. The van der Waals surface area contributed by atoms with Crippen molar-refractivity contribution in [2.45, 2.75) is 19.0 Å². The number of hydrogen-bond donors (Lipinski definition) is 1. The molecule has 0 bridgehead atoms. The number of alkyl halides is 3.